The average Bonchev–Trinajstić information content (AvgIpc) is 2.94. The number of halogens is 3. The zero-order chi connectivity index (χ0) is 18.6. The van der Waals surface area contributed by atoms with E-state index in [1.54, 1.807) is 26.1 Å². The van der Waals surface area contributed by atoms with Crippen molar-refractivity contribution in [1.82, 2.24) is 15.1 Å². The van der Waals surface area contributed by atoms with E-state index in [-0.39, 0.29) is 11.9 Å². The predicted octanol–water partition coefficient (Wildman–Crippen LogP) is 3.27. The summed E-state index contributed by atoms with van der Waals surface area (Å²) in [6, 6.07) is 4.05. The van der Waals surface area contributed by atoms with Gasteiger partial charge in [-0.15, -0.1) is 0 Å². The minimum Gasteiger partial charge on any atom is -0.490 e. The van der Waals surface area contributed by atoms with E-state index in [1.807, 2.05) is 11.9 Å². The number of alkyl halides is 3. The minimum absolute atomic E-state index is 0.174. The van der Waals surface area contributed by atoms with E-state index in [4.69, 9.17) is 10.5 Å². The molecule has 0 fully saturated rings. The van der Waals surface area contributed by atoms with E-state index in [9.17, 15) is 13.2 Å². The van der Waals surface area contributed by atoms with Gasteiger partial charge in [-0.25, -0.2) is 0 Å². The van der Waals surface area contributed by atoms with Crippen LogP contribution in [-0.2, 0) is 12.7 Å². The van der Waals surface area contributed by atoms with Crippen molar-refractivity contribution in [2.24, 2.45) is 5.73 Å². The van der Waals surface area contributed by atoms with Gasteiger partial charge in [-0.05, 0) is 39.1 Å². The van der Waals surface area contributed by atoms with Crippen molar-refractivity contribution in [2.45, 2.75) is 32.7 Å². The molecule has 8 heteroatoms. The number of hydrogen-bond acceptors (Lipinski definition) is 4. The second kappa shape index (κ2) is 7.88. The summed E-state index contributed by atoms with van der Waals surface area (Å²) in [7, 11) is 1.89. The van der Waals surface area contributed by atoms with Gasteiger partial charge in [-0.2, -0.15) is 18.3 Å². The summed E-state index contributed by atoms with van der Waals surface area (Å²) in [5.74, 6) is -0.174. The highest BCUT2D eigenvalue weighted by Crippen LogP contribution is 2.39. The number of H-pyrrole nitrogens is 1. The number of nitrogens with one attached hydrogen (secondary N) is 1. The normalized spacial score (nSPS) is 12.2. The number of hydrogen-bond donors (Lipinski definition) is 2. The summed E-state index contributed by atoms with van der Waals surface area (Å²) < 4.78 is 45.5. The Morgan fingerprint density at radius 1 is 1.32 bits per heavy atom. The molecule has 0 saturated carbocycles. The maximum atomic E-state index is 13.4. The summed E-state index contributed by atoms with van der Waals surface area (Å²) in [6.45, 7) is 5.10. The fraction of sp³-hybridized carbons (Fsp3) is 0.471. The minimum atomic E-state index is -4.50. The lowest BCUT2D eigenvalue weighted by atomic mass is 10.0. The van der Waals surface area contributed by atoms with Crippen molar-refractivity contribution in [3.63, 3.8) is 0 Å². The molecule has 5 nitrogen and oxygen atoms in total. The van der Waals surface area contributed by atoms with Crippen LogP contribution in [0.4, 0.5) is 13.2 Å². The maximum Gasteiger partial charge on any atom is 0.419 e. The Kier molecular flexibility index (Phi) is 6.07. The molecule has 0 atom stereocenters. The molecule has 0 aliphatic heterocycles. The van der Waals surface area contributed by atoms with Gasteiger partial charge in [0.25, 0.3) is 0 Å². The van der Waals surface area contributed by atoms with Crippen LogP contribution in [0.2, 0.25) is 0 Å². The van der Waals surface area contributed by atoms with Crippen molar-refractivity contribution in [3.05, 3.63) is 35.5 Å². The van der Waals surface area contributed by atoms with E-state index in [0.29, 0.717) is 30.9 Å². The number of nitrogens with two attached hydrogens (primary N) is 1. The molecule has 1 aromatic heterocycles. The molecule has 25 heavy (non-hydrogen) atoms. The van der Waals surface area contributed by atoms with E-state index < -0.39 is 11.7 Å². The lowest BCUT2D eigenvalue weighted by molar-refractivity contribution is -0.139. The molecule has 0 unspecified atom stereocenters. The molecule has 2 rings (SSSR count). The van der Waals surface area contributed by atoms with Gasteiger partial charge in [-0.1, -0.05) is 0 Å². The third kappa shape index (κ3) is 4.96. The topological polar surface area (TPSA) is 67.2 Å². The molecule has 0 saturated heterocycles. The van der Waals surface area contributed by atoms with E-state index in [1.165, 1.54) is 6.07 Å². The van der Waals surface area contributed by atoms with Gasteiger partial charge in [0.15, 0.2) is 0 Å². The van der Waals surface area contributed by atoms with Crippen LogP contribution >= 0.6 is 0 Å². The Bertz CT molecular complexity index is 697. The molecule has 2 aromatic rings. The first-order valence-electron chi connectivity index (χ1n) is 8.01. The van der Waals surface area contributed by atoms with E-state index in [2.05, 4.69) is 10.2 Å². The molecule has 0 aliphatic carbocycles. The van der Waals surface area contributed by atoms with Crippen LogP contribution in [-0.4, -0.2) is 41.3 Å². The molecule has 0 aliphatic rings. The number of ether oxygens (including phenoxy) is 1. The van der Waals surface area contributed by atoms with Gasteiger partial charge < -0.3 is 15.4 Å². The smallest absolute Gasteiger partial charge is 0.419 e. The van der Waals surface area contributed by atoms with Crippen LogP contribution < -0.4 is 10.5 Å². The average molecular weight is 356 g/mol. The second-order valence-electron chi connectivity index (χ2n) is 6.17. The van der Waals surface area contributed by atoms with Crippen LogP contribution in [0.25, 0.3) is 11.3 Å². The fourth-order valence-electron chi connectivity index (χ4n) is 2.53. The summed E-state index contributed by atoms with van der Waals surface area (Å²) in [5.41, 5.74) is 6.51. The van der Waals surface area contributed by atoms with Crippen molar-refractivity contribution >= 4 is 0 Å². The Balaban J connectivity index is 2.39. The van der Waals surface area contributed by atoms with Gasteiger partial charge in [0.1, 0.15) is 5.75 Å². The Labute approximate surface area is 145 Å². The highest BCUT2D eigenvalue weighted by Gasteiger charge is 2.35. The number of likely N-dealkylation sites (N-methyl/N-ethyl adjacent to an activating group) is 1. The predicted molar refractivity (Wildman–Crippen MR) is 90.2 cm³/mol. The zero-order valence-electron chi connectivity index (χ0n) is 14.5. The van der Waals surface area contributed by atoms with E-state index in [0.717, 1.165) is 11.6 Å². The van der Waals surface area contributed by atoms with Gasteiger partial charge in [0, 0.05) is 30.8 Å². The number of nitrogens with zero attached hydrogens (tertiary/aromatic N) is 2. The largest absolute Gasteiger partial charge is 0.490 e. The monoisotopic (exact) mass is 356 g/mol. The van der Waals surface area contributed by atoms with Gasteiger partial charge >= 0.3 is 6.18 Å². The van der Waals surface area contributed by atoms with Crippen LogP contribution in [0.3, 0.4) is 0 Å². The highest BCUT2D eigenvalue weighted by atomic mass is 19.4. The Morgan fingerprint density at radius 2 is 2.04 bits per heavy atom. The standard InChI is InChI=1S/C17H23F3N4O/c1-11(2)25-15-5-4-12(8-14(15)17(18,19)20)16-13(9-22-23-16)10-24(3)7-6-21/h4-5,8-9,11H,6-7,10,21H2,1-3H3,(H,22,23). The first-order chi connectivity index (χ1) is 11.7. The molecule has 138 valence electrons. The molecule has 0 spiro atoms. The Hall–Kier alpha value is -2.06. The van der Waals surface area contributed by atoms with Crippen molar-refractivity contribution in [2.75, 3.05) is 20.1 Å². The first-order valence-corrected chi connectivity index (χ1v) is 8.01. The summed E-state index contributed by atoms with van der Waals surface area (Å²) in [6.07, 6.45) is -3.23. The molecular weight excluding hydrogens is 333 g/mol. The lowest BCUT2D eigenvalue weighted by Gasteiger charge is -2.18. The van der Waals surface area contributed by atoms with Crippen molar-refractivity contribution < 1.29 is 17.9 Å². The van der Waals surface area contributed by atoms with Crippen molar-refractivity contribution in [1.29, 1.82) is 0 Å². The third-order valence-corrected chi connectivity index (χ3v) is 3.61. The van der Waals surface area contributed by atoms with Crippen LogP contribution in [0.15, 0.2) is 24.4 Å². The van der Waals surface area contributed by atoms with Gasteiger partial charge in [-0.3, -0.25) is 5.10 Å². The lowest BCUT2D eigenvalue weighted by Crippen LogP contribution is -2.25. The first kappa shape index (κ1) is 19.3. The summed E-state index contributed by atoms with van der Waals surface area (Å²) in [4.78, 5) is 1.98. The molecule has 0 amide bonds. The molecule has 1 heterocycles. The van der Waals surface area contributed by atoms with Crippen LogP contribution in [0.1, 0.15) is 25.0 Å². The molecule has 0 bridgehead atoms. The number of aromatic amines is 1. The van der Waals surface area contributed by atoms with Gasteiger partial charge in [0.05, 0.1) is 23.6 Å². The number of aromatic nitrogens is 2. The SMILES string of the molecule is CC(C)Oc1ccc(-c2[nH]ncc2CN(C)CCN)cc1C(F)(F)F. The van der Waals surface area contributed by atoms with E-state index >= 15 is 0 Å². The van der Waals surface area contributed by atoms with Crippen molar-refractivity contribution in [3.8, 4) is 17.0 Å². The molecule has 0 radical (unpaired) electrons. The molecule has 1 aromatic carbocycles. The van der Waals surface area contributed by atoms with Crippen LogP contribution in [0, 0.1) is 0 Å². The van der Waals surface area contributed by atoms with Gasteiger partial charge in [0.2, 0.25) is 0 Å². The quantitative estimate of drug-likeness (QED) is 0.799. The highest BCUT2D eigenvalue weighted by molar-refractivity contribution is 5.65. The third-order valence-electron chi connectivity index (χ3n) is 3.61. The maximum absolute atomic E-state index is 13.4. The molecule has 3 N–H and O–H groups in total. The second-order valence-corrected chi connectivity index (χ2v) is 6.17. The molecular formula is C17H23F3N4O. The summed E-state index contributed by atoms with van der Waals surface area (Å²) >= 11 is 0. The zero-order valence-corrected chi connectivity index (χ0v) is 14.5. The number of benzene rings is 1. The fourth-order valence-corrected chi connectivity index (χ4v) is 2.53. The number of rotatable bonds is 7. The Morgan fingerprint density at radius 3 is 2.64 bits per heavy atom. The van der Waals surface area contributed by atoms with Crippen LogP contribution in [0.5, 0.6) is 5.75 Å². The summed E-state index contributed by atoms with van der Waals surface area (Å²) in [5, 5.41) is 6.77.